The summed E-state index contributed by atoms with van der Waals surface area (Å²) < 4.78 is 5.39. The zero-order valence-electron chi connectivity index (χ0n) is 23.6. The van der Waals surface area contributed by atoms with Crippen LogP contribution in [0.2, 0.25) is 0 Å². The second-order valence-corrected chi connectivity index (χ2v) is 11.0. The van der Waals surface area contributed by atoms with Gasteiger partial charge in [-0.25, -0.2) is 9.91 Å². The Hall–Kier alpha value is -5.12. The third-order valence-corrected chi connectivity index (χ3v) is 8.52. The summed E-state index contributed by atoms with van der Waals surface area (Å²) in [4.78, 5) is 42.0. The van der Waals surface area contributed by atoms with Crippen molar-refractivity contribution in [3.05, 3.63) is 102 Å². The molecule has 0 N–H and O–H groups in total. The highest BCUT2D eigenvalue weighted by Crippen LogP contribution is 2.45. The van der Waals surface area contributed by atoms with Crippen molar-refractivity contribution < 1.29 is 19.1 Å². The molecule has 3 amide bonds. The maximum absolute atomic E-state index is 14.0. The van der Waals surface area contributed by atoms with Gasteiger partial charge in [0.25, 0.3) is 17.7 Å². The van der Waals surface area contributed by atoms with Crippen molar-refractivity contribution in [2.24, 2.45) is 21.4 Å². The van der Waals surface area contributed by atoms with Crippen LogP contribution in [0.25, 0.3) is 6.08 Å². The van der Waals surface area contributed by atoms with Crippen LogP contribution in [0.5, 0.6) is 5.75 Å². The van der Waals surface area contributed by atoms with E-state index in [1.165, 1.54) is 12.1 Å². The number of carbonyl (C=O) groups excluding carboxylic acids is 3. The number of benzene rings is 3. The molecule has 0 unspecified atom stereocenters. The van der Waals surface area contributed by atoms with Crippen LogP contribution in [0, 0.1) is 5.92 Å². The van der Waals surface area contributed by atoms with Crippen molar-refractivity contribution in [1.82, 2.24) is 10.0 Å². The van der Waals surface area contributed by atoms with Crippen LogP contribution in [0.15, 0.2) is 106 Å². The van der Waals surface area contributed by atoms with E-state index in [1.54, 1.807) is 29.3 Å². The maximum Gasteiger partial charge on any atom is 0.264 e. The number of hydrogen-bond donors (Lipinski definition) is 0. The molecule has 3 aromatic rings. The number of anilines is 1. The molecule has 0 radical (unpaired) electrons. The second-order valence-electron chi connectivity index (χ2n) is 11.0. The minimum atomic E-state index is -1.02. The Morgan fingerprint density at radius 1 is 0.930 bits per heavy atom. The van der Waals surface area contributed by atoms with Gasteiger partial charge in [0.05, 0.1) is 24.6 Å². The van der Waals surface area contributed by atoms with E-state index < -0.39 is 23.9 Å². The number of nitrogens with zero attached hydrogens (tertiary/aromatic N) is 6. The van der Waals surface area contributed by atoms with Gasteiger partial charge in [-0.1, -0.05) is 78.0 Å². The lowest BCUT2D eigenvalue weighted by Crippen LogP contribution is -2.45. The van der Waals surface area contributed by atoms with Crippen LogP contribution in [-0.2, 0) is 14.4 Å². The first-order valence-electron chi connectivity index (χ1n) is 14.4. The monoisotopic (exact) mass is 574 g/mol. The van der Waals surface area contributed by atoms with Crippen molar-refractivity contribution >= 4 is 35.2 Å². The van der Waals surface area contributed by atoms with Gasteiger partial charge in [-0.3, -0.25) is 19.4 Å². The molecule has 4 aliphatic rings. The van der Waals surface area contributed by atoms with Gasteiger partial charge < -0.3 is 4.74 Å². The number of para-hydroxylation sites is 2. The Morgan fingerprint density at radius 3 is 2.42 bits per heavy atom. The number of allylic oxidation sites excluding steroid dienone is 1. The minimum absolute atomic E-state index is 0.0405. The third kappa shape index (κ3) is 4.59. The van der Waals surface area contributed by atoms with Crippen LogP contribution >= 0.6 is 0 Å². The fourth-order valence-electron chi connectivity index (χ4n) is 6.56. The molecule has 1 aliphatic carbocycles. The molecule has 216 valence electrons. The topological polar surface area (TPSA) is 107 Å². The average molecular weight is 575 g/mol. The number of rotatable bonds is 6. The Kier molecular flexibility index (Phi) is 6.81. The zero-order valence-corrected chi connectivity index (χ0v) is 23.6. The number of hydrogen-bond acceptors (Lipinski definition) is 8. The van der Waals surface area contributed by atoms with E-state index in [4.69, 9.17) is 9.84 Å². The van der Waals surface area contributed by atoms with E-state index in [-0.39, 0.29) is 24.4 Å². The fraction of sp³-hybridized carbons (Fsp3) is 0.273. The molecular formula is C33H30N6O4. The predicted molar refractivity (Wildman–Crippen MR) is 160 cm³/mol. The fourth-order valence-corrected chi connectivity index (χ4v) is 6.56. The van der Waals surface area contributed by atoms with Crippen molar-refractivity contribution in [1.29, 1.82) is 0 Å². The maximum atomic E-state index is 14.0. The molecule has 43 heavy (non-hydrogen) atoms. The summed E-state index contributed by atoms with van der Waals surface area (Å²) in [5.41, 5.74) is 4.48. The number of fused-ring (bicyclic) bond motifs is 2. The quantitative estimate of drug-likeness (QED) is 0.393. The molecule has 0 bridgehead atoms. The number of methoxy groups -OCH3 is 1. The molecule has 1 saturated carbocycles. The van der Waals surface area contributed by atoms with Gasteiger partial charge in [0.1, 0.15) is 12.3 Å². The Bertz CT molecular complexity index is 1670. The molecule has 10 heteroatoms. The number of amides is 3. The largest absolute Gasteiger partial charge is 0.495 e. The number of hydrazone groups is 1. The van der Waals surface area contributed by atoms with Crippen molar-refractivity contribution in [3.63, 3.8) is 0 Å². The van der Waals surface area contributed by atoms with Crippen LogP contribution in [0.3, 0.4) is 0 Å². The number of ether oxygens (including phenoxy) is 1. The SMILES string of the molecule is COc1ccccc1N1C(=O)[C@@H]2[C@@H](N=NN2CC(=O)N2N=C3/C(=C/c4ccccc4)CCC[C@@H]3[C@H]2c2ccccc2)C1=O. The van der Waals surface area contributed by atoms with E-state index in [0.717, 1.165) is 46.6 Å². The van der Waals surface area contributed by atoms with Crippen LogP contribution in [0.4, 0.5) is 5.69 Å². The lowest BCUT2D eigenvalue weighted by Gasteiger charge is -2.30. The van der Waals surface area contributed by atoms with Crippen molar-refractivity contribution in [2.45, 2.75) is 37.4 Å². The molecule has 0 aromatic heterocycles. The van der Waals surface area contributed by atoms with Gasteiger partial charge in [0, 0.05) is 5.92 Å². The molecule has 0 spiro atoms. The van der Waals surface area contributed by atoms with Gasteiger partial charge >= 0.3 is 0 Å². The summed E-state index contributed by atoms with van der Waals surface area (Å²) in [7, 11) is 1.48. The molecule has 10 nitrogen and oxygen atoms in total. The molecular weight excluding hydrogens is 544 g/mol. The van der Waals surface area contributed by atoms with Crippen molar-refractivity contribution in [3.8, 4) is 5.75 Å². The smallest absolute Gasteiger partial charge is 0.264 e. The summed E-state index contributed by atoms with van der Waals surface area (Å²) in [5.74, 6) is -0.872. The minimum Gasteiger partial charge on any atom is -0.495 e. The molecule has 2 fully saturated rings. The first-order valence-corrected chi connectivity index (χ1v) is 14.4. The highest BCUT2D eigenvalue weighted by molar-refractivity contribution is 6.26. The summed E-state index contributed by atoms with van der Waals surface area (Å²) in [5, 5.41) is 16.1. The van der Waals surface area contributed by atoms with Crippen LogP contribution in [-0.4, -0.2) is 59.2 Å². The van der Waals surface area contributed by atoms with Gasteiger partial charge in [0.2, 0.25) is 0 Å². The van der Waals surface area contributed by atoms with Gasteiger partial charge in [-0.05, 0) is 54.2 Å². The predicted octanol–water partition coefficient (Wildman–Crippen LogP) is 4.81. The molecule has 4 atom stereocenters. The van der Waals surface area contributed by atoms with E-state index in [1.807, 2.05) is 48.5 Å². The first kappa shape index (κ1) is 26.8. The summed E-state index contributed by atoms with van der Waals surface area (Å²) in [6, 6.07) is 24.6. The summed E-state index contributed by atoms with van der Waals surface area (Å²) in [6.07, 6.45) is 4.94. The normalized spacial score (nSPS) is 25.3. The summed E-state index contributed by atoms with van der Waals surface area (Å²) in [6.45, 7) is -0.242. The van der Waals surface area contributed by atoms with E-state index in [9.17, 15) is 14.4 Å². The third-order valence-electron chi connectivity index (χ3n) is 8.52. The highest BCUT2D eigenvalue weighted by Gasteiger charge is 2.56. The zero-order chi connectivity index (χ0) is 29.5. The first-order chi connectivity index (χ1) is 21.0. The van der Waals surface area contributed by atoms with E-state index in [2.05, 4.69) is 28.5 Å². The molecule has 7 rings (SSSR count). The lowest BCUT2D eigenvalue weighted by molar-refractivity contribution is -0.136. The number of imide groups is 1. The highest BCUT2D eigenvalue weighted by atomic mass is 16.5. The Labute approximate surface area is 248 Å². The van der Waals surface area contributed by atoms with Crippen LogP contribution < -0.4 is 9.64 Å². The van der Waals surface area contributed by atoms with Gasteiger partial charge in [-0.15, -0.1) is 0 Å². The Balaban J connectivity index is 1.18. The van der Waals surface area contributed by atoms with Crippen molar-refractivity contribution in [2.75, 3.05) is 18.6 Å². The van der Waals surface area contributed by atoms with Gasteiger partial charge in [0.15, 0.2) is 12.1 Å². The standard InChI is InChI=1S/C33H30N6O4/c1-43-26-18-9-8-17-25(26)38-32(41)29-31(33(38)42)37(36-34-29)20-27(40)39-30(22-13-6-3-7-14-22)24-16-10-15-23(28(24)35-39)19-21-11-4-2-5-12-21/h2-9,11-14,17-19,24,29-31H,10,15-16,20H2,1H3/b23-19+/t24-,29+,30+,31-/m0/s1. The molecule has 1 saturated heterocycles. The number of carbonyl (C=O) groups is 3. The lowest BCUT2D eigenvalue weighted by atomic mass is 9.77. The summed E-state index contributed by atoms with van der Waals surface area (Å²) >= 11 is 0. The van der Waals surface area contributed by atoms with Crippen LogP contribution in [0.1, 0.15) is 36.4 Å². The van der Waals surface area contributed by atoms with E-state index >= 15 is 0 Å². The van der Waals surface area contributed by atoms with E-state index in [0.29, 0.717) is 11.4 Å². The molecule has 3 heterocycles. The Morgan fingerprint density at radius 2 is 1.65 bits per heavy atom. The average Bonchev–Trinajstić information content (AvgIpc) is 3.71. The molecule has 3 aromatic carbocycles. The molecule has 3 aliphatic heterocycles. The van der Waals surface area contributed by atoms with Gasteiger partial charge in [-0.2, -0.15) is 10.2 Å². The second kappa shape index (κ2) is 10.9.